The number of thiophene rings is 1. The van der Waals surface area contributed by atoms with Crippen molar-refractivity contribution in [3.05, 3.63) is 70.4 Å². The minimum Gasteiger partial charge on any atom is -0.207 e. The zero-order valence-corrected chi connectivity index (χ0v) is 13.2. The molecule has 0 saturated carbocycles. The average Bonchev–Trinajstić information content (AvgIpc) is 2.91. The Morgan fingerprint density at radius 2 is 1.90 bits per heavy atom. The van der Waals surface area contributed by atoms with E-state index in [1.807, 2.05) is 24.3 Å². The van der Waals surface area contributed by atoms with E-state index in [1.165, 1.54) is 20.5 Å². The average molecular weight is 298 g/mol. The van der Waals surface area contributed by atoms with Crippen LogP contribution in [0.3, 0.4) is 0 Å². The van der Waals surface area contributed by atoms with Gasteiger partial charge in [0.25, 0.3) is 0 Å². The summed E-state index contributed by atoms with van der Waals surface area (Å²) in [5.41, 5.74) is 2.04. The fraction of sp³-hybridized carbons (Fsp3) is 0.263. The molecule has 2 heteroatoms. The first-order chi connectivity index (χ1) is 10.2. The highest BCUT2D eigenvalue weighted by Gasteiger charge is 2.10. The van der Waals surface area contributed by atoms with Crippen LogP contribution in [0, 0.1) is 5.82 Å². The van der Waals surface area contributed by atoms with Crippen molar-refractivity contribution in [3.63, 3.8) is 0 Å². The van der Waals surface area contributed by atoms with Crippen LogP contribution in [0.15, 0.2) is 48.5 Å². The topological polar surface area (TPSA) is 0 Å². The van der Waals surface area contributed by atoms with Crippen LogP contribution in [-0.4, -0.2) is 0 Å². The number of rotatable bonds is 4. The van der Waals surface area contributed by atoms with E-state index in [-0.39, 0.29) is 5.82 Å². The van der Waals surface area contributed by atoms with Crippen molar-refractivity contribution < 1.29 is 4.39 Å². The second kappa shape index (κ2) is 5.98. The summed E-state index contributed by atoms with van der Waals surface area (Å²) < 4.78 is 15.4. The Morgan fingerprint density at radius 1 is 1.10 bits per heavy atom. The number of fused-ring (bicyclic) bond motifs is 1. The van der Waals surface area contributed by atoms with Gasteiger partial charge in [0.15, 0.2) is 0 Å². The molecule has 0 saturated heterocycles. The Kier molecular flexibility index (Phi) is 4.07. The van der Waals surface area contributed by atoms with E-state index in [0.29, 0.717) is 12.3 Å². The van der Waals surface area contributed by atoms with Gasteiger partial charge >= 0.3 is 0 Å². The third kappa shape index (κ3) is 3.01. The van der Waals surface area contributed by atoms with Crippen LogP contribution in [0.4, 0.5) is 4.39 Å². The van der Waals surface area contributed by atoms with Crippen molar-refractivity contribution in [2.24, 2.45) is 0 Å². The molecule has 0 aliphatic carbocycles. The number of halogens is 1. The number of hydrogen-bond donors (Lipinski definition) is 0. The Labute approximate surface area is 129 Å². The van der Waals surface area contributed by atoms with Crippen LogP contribution in [-0.2, 0) is 6.42 Å². The van der Waals surface area contributed by atoms with Gasteiger partial charge in [-0.25, -0.2) is 4.39 Å². The number of hydrogen-bond acceptors (Lipinski definition) is 1. The molecule has 0 spiro atoms. The molecule has 0 aliphatic rings. The summed E-state index contributed by atoms with van der Waals surface area (Å²) in [7, 11) is 0. The Bertz CT molecular complexity index is 724. The molecule has 3 rings (SSSR count). The summed E-state index contributed by atoms with van der Waals surface area (Å²) in [6.07, 6.45) is 1.75. The highest BCUT2D eigenvalue weighted by Crippen LogP contribution is 2.29. The van der Waals surface area contributed by atoms with E-state index >= 15 is 0 Å². The highest BCUT2D eigenvalue weighted by atomic mass is 32.1. The van der Waals surface area contributed by atoms with Crippen molar-refractivity contribution in [2.75, 3.05) is 0 Å². The maximum atomic E-state index is 14.1. The lowest BCUT2D eigenvalue weighted by Crippen LogP contribution is -1.97. The van der Waals surface area contributed by atoms with Crippen molar-refractivity contribution in [2.45, 2.75) is 32.6 Å². The molecular formula is C19H19FS. The molecule has 0 nitrogen and oxygen atoms in total. The zero-order chi connectivity index (χ0) is 14.8. The predicted octanol–water partition coefficient (Wildman–Crippen LogP) is 6.14. The molecule has 0 aliphatic heterocycles. The van der Waals surface area contributed by atoms with Gasteiger partial charge in [0.1, 0.15) is 5.82 Å². The summed E-state index contributed by atoms with van der Waals surface area (Å²) in [5.74, 6) is 0.381. The third-order valence-electron chi connectivity index (χ3n) is 4.09. The standard InChI is InChI=1S/C19H19FS/c1-3-13(2)14-8-9-18(20)16(10-14)12-17-11-15-6-4-5-7-19(15)21-17/h4-11,13H,3,12H2,1-2H3. The molecular weight excluding hydrogens is 279 g/mol. The molecule has 0 amide bonds. The first-order valence-corrected chi connectivity index (χ1v) is 8.24. The first-order valence-electron chi connectivity index (χ1n) is 7.43. The monoisotopic (exact) mass is 298 g/mol. The molecule has 1 unspecified atom stereocenters. The summed E-state index contributed by atoms with van der Waals surface area (Å²) in [5, 5.41) is 1.25. The molecule has 2 aromatic carbocycles. The van der Waals surface area contributed by atoms with Gasteiger partial charge in [-0.1, -0.05) is 44.2 Å². The van der Waals surface area contributed by atoms with Crippen molar-refractivity contribution in [1.82, 2.24) is 0 Å². The fourth-order valence-electron chi connectivity index (χ4n) is 2.58. The molecule has 0 radical (unpaired) electrons. The molecule has 1 aromatic heterocycles. The maximum Gasteiger partial charge on any atom is 0.126 e. The van der Waals surface area contributed by atoms with Gasteiger partial charge in [-0.15, -0.1) is 11.3 Å². The van der Waals surface area contributed by atoms with Crippen LogP contribution in [0.1, 0.15) is 42.2 Å². The van der Waals surface area contributed by atoms with Crippen LogP contribution in [0.25, 0.3) is 10.1 Å². The van der Waals surface area contributed by atoms with Gasteiger partial charge in [-0.2, -0.15) is 0 Å². The summed E-state index contributed by atoms with van der Waals surface area (Å²) >= 11 is 1.75. The van der Waals surface area contributed by atoms with Gasteiger partial charge in [-0.05, 0) is 47.1 Å². The van der Waals surface area contributed by atoms with E-state index in [2.05, 4.69) is 32.0 Å². The molecule has 0 N–H and O–H groups in total. The van der Waals surface area contributed by atoms with Crippen molar-refractivity contribution in [1.29, 1.82) is 0 Å². The largest absolute Gasteiger partial charge is 0.207 e. The molecule has 1 heterocycles. The minimum absolute atomic E-state index is 0.0977. The lowest BCUT2D eigenvalue weighted by atomic mass is 9.95. The highest BCUT2D eigenvalue weighted by molar-refractivity contribution is 7.19. The predicted molar refractivity (Wildman–Crippen MR) is 89.7 cm³/mol. The zero-order valence-electron chi connectivity index (χ0n) is 12.4. The maximum absolute atomic E-state index is 14.1. The summed E-state index contributed by atoms with van der Waals surface area (Å²) in [6.45, 7) is 4.36. The van der Waals surface area contributed by atoms with Gasteiger partial charge in [0, 0.05) is 16.0 Å². The second-order valence-electron chi connectivity index (χ2n) is 5.59. The molecule has 21 heavy (non-hydrogen) atoms. The minimum atomic E-state index is -0.0977. The Morgan fingerprint density at radius 3 is 2.67 bits per heavy atom. The fourth-order valence-corrected chi connectivity index (χ4v) is 3.67. The summed E-state index contributed by atoms with van der Waals surface area (Å²) in [6, 6.07) is 16.1. The smallest absolute Gasteiger partial charge is 0.126 e. The van der Waals surface area contributed by atoms with E-state index in [9.17, 15) is 4.39 Å². The normalized spacial score (nSPS) is 12.7. The van der Waals surface area contributed by atoms with Gasteiger partial charge in [-0.3, -0.25) is 0 Å². The molecule has 108 valence electrons. The lowest BCUT2D eigenvalue weighted by Gasteiger charge is -2.11. The molecule has 0 bridgehead atoms. The van der Waals surface area contributed by atoms with Crippen molar-refractivity contribution in [3.8, 4) is 0 Å². The van der Waals surface area contributed by atoms with Crippen molar-refractivity contribution >= 4 is 21.4 Å². The van der Waals surface area contributed by atoms with E-state index in [1.54, 1.807) is 17.4 Å². The SMILES string of the molecule is CCC(C)c1ccc(F)c(Cc2cc3ccccc3s2)c1. The van der Waals surface area contributed by atoms with E-state index in [0.717, 1.165) is 12.0 Å². The molecule has 0 fully saturated rings. The van der Waals surface area contributed by atoms with Crippen LogP contribution >= 0.6 is 11.3 Å². The first kappa shape index (κ1) is 14.3. The Balaban J connectivity index is 1.93. The quantitative estimate of drug-likeness (QED) is 0.542. The lowest BCUT2D eigenvalue weighted by molar-refractivity contribution is 0.611. The molecule has 1 atom stereocenters. The van der Waals surface area contributed by atoms with Gasteiger partial charge in [0.05, 0.1) is 0 Å². The van der Waals surface area contributed by atoms with E-state index < -0.39 is 0 Å². The van der Waals surface area contributed by atoms with Gasteiger partial charge < -0.3 is 0 Å². The van der Waals surface area contributed by atoms with Crippen LogP contribution in [0.5, 0.6) is 0 Å². The Hall–Kier alpha value is -1.67. The second-order valence-corrected chi connectivity index (χ2v) is 6.76. The molecule has 3 aromatic rings. The summed E-state index contributed by atoms with van der Waals surface area (Å²) in [4.78, 5) is 1.22. The van der Waals surface area contributed by atoms with Crippen LogP contribution in [0.2, 0.25) is 0 Å². The van der Waals surface area contributed by atoms with E-state index in [4.69, 9.17) is 0 Å². The van der Waals surface area contributed by atoms with Crippen LogP contribution < -0.4 is 0 Å². The van der Waals surface area contributed by atoms with Gasteiger partial charge in [0.2, 0.25) is 0 Å². The third-order valence-corrected chi connectivity index (χ3v) is 5.21. The number of benzene rings is 2.